The van der Waals surface area contributed by atoms with Crippen LogP contribution in [0, 0.1) is 0 Å². The van der Waals surface area contributed by atoms with Gasteiger partial charge in [-0.3, -0.25) is 0 Å². The van der Waals surface area contributed by atoms with E-state index < -0.39 is 6.95 Å². The van der Waals surface area contributed by atoms with E-state index in [1.807, 2.05) is 24.3 Å². The summed E-state index contributed by atoms with van der Waals surface area (Å²) in [5.74, 6) is 1.96. The molecule has 142 valence electrons. The van der Waals surface area contributed by atoms with E-state index in [0.717, 1.165) is 5.56 Å². The summed E-state index contributed by atoms with van der Waals surface area (Å²) in [6, 6.07) is 13.3. The summed E-state index contributed by atoms with van der Waals surface area (Å²) in [5, 5.41) is 0. The van der Waals surface area contributed by atoms with Crippen molar-refractivity contribution >= 4 is 18.2 Å². The highest BCUT2D eigenvalue weighted by Gasteiger charge is 2.27. The van der Waals surface area contributed by atoms with E-state index in [4.69, 9.17) is 20.3 Å². The fourth-order valence-electron chi connectivity index (χ4n) is 2.64. The van der Waals surface area contributed by atoms with E-state index in [0.29, 0.717) is 23.3 Å². The third-order valence-electron chi connectivity index (χ3n) is 4.29. The molecule has 0 aliphatic heterocycles. The van der Waals surface area contributed by atoms with Gasteiger partial charge in [-0.25, -0.2) is 4.57 Å². The lowest BCUT2D eigenvalue weighted by Crippen LogP contribution is -2.01. The number of benzene rings is 2. The molecule has 2 rings (SSSR count). The third-order valence-corrected chi connectivity index (χ3v) is 5.55. The van der Waals surface area contributed by atoms with E-state index in [1.165, 1.54) is 11.1 Å². The van der Waals surface area contributed by atoms with Crippen molar-refractivity contribution in [1.82, 2.24) is 0 Å². The zero-order valence-electron chi connectivity index (χ0n) is 16.3. The molecule has 0 fully saturated rings. The molecule has 26 heavy (non-hydrogen) atoms. The molecule has 0 aliphatic carbocycles. The van der Waals surface area contributed by atoms with Gasteiger partial charge < -0.3 is 9.05 Å². The molecule has 0 bridgehead atoms. The largest absolute Gasteiger partial charge is 0.530 e. The van der Waals surface area contributed by atoms with Gasteiger partial charge in [-0.2, -0.15) is 0 Å². The van der Waals surface area contributed by atoms with Crippen LogP contribution in [0.3, 0.4) is 0 Å². The molecular weight excluding hydrogens is 367 g/mol. The van der Waals surface area contributed by atoms with Crippen LogP contribution >= 0.6 is 18.2 Å². The van der Waals surface area contributed by atoms with Crippen LogP contribution in [-0.4, -0.2) is 0 Å². The van der Waals surface area contributed by atoms with Gasteiger partial charge in [0.2, 0.25) is 0 Å². The van der Waals surface area contributed by atoms with Crippen molar-refractivity contribution in [3.8, 4) is 11.5 Å². The van der Waals surface area contributed by atoms with Gasteiger partial charge in [-0.1, -0.05) is 65.8 Å². The molecule has 1 unspecified atom stereocenters. The summed E-state index contributed by atoms with van der Waals surface area (Å²) in [6.45, 7) is 8.82. The normalized spacial score (nSPS) is 13.9. The topological polar surface area (TPSA) is 35.5 Å². The maximum atomic E-state index is 12.7. The molecule has 0 aliphatic rings. The zero-order valence-corrected chi connectivity index (χ0v) is 18.0. The smallest absolute Gasteiger partial charge is 0.405 e. The molecule has 2 aromatic carbocycles. The van der Waals surface area contributed by atoms with Gasteiger partial charge in [0, 0.05) is 11.2 Å². The molecule has 3 nitrogen and oxygen atoms in total. The number of hydrogen-bond donors (Lipinski definition) is 0. The summed E-state index contributed by atoms with van der Waals surface area (Å²) in [4.78, 5) is 0. The molecule has 5 heteroatoms. The molecule has 0 saturated heterocycles. The van der Waals surface area contributed by atoms with E-state index in [9.17, 15) is 4.57 Å². The van der Waals surface area contributed by atoms with Crippen molar-refractivity contribution in [2.45, 2.75) is 59.3 Å². The average Bonchev–Trinajstić information content (AvgIpc) is 2.54. The number of rotatable bonds is 7. The Bertz CT molecular complexity index is 782. The summed E-state index contributed by atoms with van der Waals surface area (Å²) in [7, 11) is 0. The molecule has 0 aromatic heterocycles. The highest BCUT2D eigenvalue weighted by atomic mass is 35.7. The molecule has 0 radical (unpaired) electrons. The summed E-state index contributed by atoms with van der Waals surface area (Å²) < 4.78 is 23.7. The Hall–Kier alpha value is -1.44. The first-order valence-corrected chi connectivity index (χ1v) is 11.5. The monoisotopic (exact) mass is 394 g/mol. The highest BCUT2D eigenvalue weighted by Crippen LogP contribution is 2.54. The van der Waals surface area contributed by atoms with Gasteiger partial charge in [0.05, 0.1) is 0 Å². The standard InChI is InChI=1S/C21H28ClO3P/c1-14(2)17-7-10-19(11-8-17)24-26(22,23)25-21-12-9-18(15(3)4)13-20(21)16(5)6/h7-16H,1-6H3. The first kappa shape index (κ1) is 20.9. The Morgan fingerprint density at radius 3 is 1.81 bits per heavy atom. The van der Waals surface area contributed by atoms with Crippen molar-refractivity contribution < 1.29 is 13.6 Å². The number of hydrogen-bond acceptors (Lipinski definition) is 3. The number of halogens is 1. The third kappa shape index (κ3) is 5.53. The van der Waals surface area contributed by atoms with Crippen LogP contribution in [0.15, 0.2) is 42.5 Å². The Labute approximate surface area is 162 Å². The first-order chi connectivity index (χ1) is 12.1. The maximum Gasteiger partial charge on any atom is 0.530 e. The summed E-state index contributed by atoms with van der Waals surface area (Å²) in [6.07, 6.45) is 0. The summed E-state index contributed by atoms with van der Waals surface area (Å²) >= 11 is 6.10. The lowest BCUT2D eigenvalue weighted by Gasteiger charge is -2.19. The minimum atomic E-state index is -3.81. The molecule has 0 saturated carbocycles. The van der Waals surface area contributed by atoms with Crippen molar-refractivity contribution in [1.29, 1.82) is 0 Å². The van der Waals surface area contributed by atoms with E-state index in [1.54, 1.807) is 12.1 Å². The SMILES string of the molecule is CC(C)c1ccc(OP(=O)(Cl)Oc2ccc(C(C)C)cc2C(C)C)cc1. The second kappa shape index (κ2) is 8.50. The predicted molar refractivity (Wildman–Crippen MR) is 110 cm³/mol. The van der Waals surface area contributed by atoms with Gasteiger partial charge in [0.1, 0.15) is 11.5 Å². The van der Waals surface area contributed by atoms with Gasteiger partial charge >= 0.3 is 6.95 Å². The van der Waals surface area contributed by atoms with E-state index in [2.05, 4.69) is 47.6 Å². The van der Waals surface area contributed by atoms with Gasteiger partial charge in [0.25, 0.3) is 0 Å². The van der Waals surface area contributed by atoms with Crippen LogP contribution in [0.2, 0.25) is 0 Å². The lowest BCUT2D eigenvalue weighted by atomic mass is 9.95. The molecule has 0 amide bonds. The highest BCUT2D eigenvalue weighted by molar-refractivity contribution is 7.82. The second-order valence-corrected chi connectivity index (χ2v) is 9.91. The first-order valence-electron chi connectivity index (χ1n) is 9.01. The Morgan fingerprint density at radius 1 is 0.769 bits per heavy atom. The van der Waals surface area contributed by atoms with Crippen molar-refractivity contribution in [2.24, 2.45) is 0 Å². The van der Waals surface area contributed by atoms with Gasteiger partial charge in [0.15, 0.2) is 0 Å². The van der Waals surface area contributed by atoms with Crippen LogP contribution < -0.4 is 9.05 Å². The lowest BCUT2D eigenvalue weighted by molar-refractivity contribution is 0.403. The zero-order chi connectivity index (χ0) is 19.5. The fourth-order valence-corrected chi connectivity index (χ4v) is 3.91. The van der Waals surface area contributed by atoms with Crippen molar-refractivity contribution in [3.63, 3.8) is 0 Å². The van der Waals surface area contributed by atoms with Crippen molar-refractivity contribution in [2.75, 3.05) is 0 Å². The van der Waals surface area contributed by atoms with E-state index in [-0.39, 0.29) is 5.92 Å². The van der Waals surface area contributed by atoms with E-state index >= 15 is 0 Å². The molecule has 0 heterocycles. The van der Waals surface area contributed by atoms with Crippen molar-refractivity contribution in [3.05, 3.63) is 59.2 Å². The van der Waals surface area contributed by atoms with Crippen LogP contribution in [0.5, 0.6) is 11.5 Å². The van der Waals surface area contributed by atoms with Gasteiger partial charge in [-0.05, 0) is 52.6 Å². The van der Waals surface area contributed by atoms with Crippen LogP contribution in [0.4, 0.5) is 0 Å². The summed E-state index contributed by atoms with van der Waals surface area (Å²) in [5.41, 5.74) is 3.35. The Balaban J connectivity index is 2.21. The second-order valence-electron chi connectivity index (χ2n) is 7.44. The fraction of sp³-hybridized carbons (Fsp3) is 0.429. The molecular formula is C21H28ClO3P. The van der Waals surface area contributed by atoms with Gasteiger partial charge in [-0.15, -0.1) is 0 Å². The van der Waals surface area contributed by atoms with Crippen LogP contribution in [0.1, 0.15) is 76.0 Å². The Kier molecular flexibility index (Phi) is 6.82. The van der Waals surface area contributed by atoms with Crippen LogP contribution in [-0.2, 0) is 4.57 Å². The minimum absolute atomic E-state index is 0.214. The average molecular weight is 395 g/mol. The maximum absolute atomic E-state index is 12.7. The van der Waals surface area contributed by atoms with Crippen LogP contribution in [0.25, 0.3) is 0 Å². The molecule has 0 N–H and O–H groups in total. The molecule has 0 spiro atoms. The Morgan fingerprint density at radius 2 is 1.31 bits per heavy atom. The minimum Gasteiger partial charge on any atom is -0.405 e. The molecule has 1 atom stereocenters. The molecule has 2 aromatic rings. The quantitative estimate of drug-likeness (QED) is 0.448. The predicted octanol–water partition coefficient (Wildman–Crippen LogP) is 7.86.